The van der Waals surface area contributed by atoms with Crippen LogP contribution < -0.4 is 16.0 Å². The number of amides is 2. The van der Waals surface area contributed by atoms with Gasteiger partial charge in [0.25, 0.3) is 0 Å². The first-order valence-electron chi connectivity index (χ1n) is 11.4. The van der Waals surface area contributed by atoms with E-state index >= 15 is 0 Å². The molecule has 1 aliphatic heterocycles. The summed E-state index contributed by atoms with van der Waals surface area (Å²) in [6.45, 7) is 5.66. The van der Waals surface area contributed by atoms with Crippen LogP contribution in [0.15, 0.2) is 48.5 Å². The molecule has 3 N–H and O–H groups in total. The smallest absolute Gasteiger partial charge is 0.225 e. The normalized spacial score (nSPS) is 20.8. The number of benzene rings is 2. The molecule has 4 rings (SSSR count). The third-order valence-corrected chi connectivity index (χ3v) is 6.78. The Morgan fingerprint density at radius 1 is 1.00 bits per heavy atom. The summed E-state index contributed by atoms with van der Waals surface area (Å²) in [6.07, 6.45) is 5.46. The van der Waals surface area contributed by atoms with Gasteiger partial charge in [0.1, 0.15) is 0 Å². The summed E-state index contributed by atoms with van der Waals surface area (Å²) in [5.41, 5.74) is 5.09. The zero-order valence-electron chi connectivity index (χ0n) is 18.5. The van der Waals surface area contributed by atoms with Gasteiger partial charge >= 0.3 is 0 Å². The molecule has 1 saturated carbocycles. The van der Waals surface area contributed by atoms with Crippen molar-refractivity contribution < 1.29 is 9.59 Å². The van der Waals surface area contributed by atoms with Crippen molar-refractivity contribution in [2.24, 2.45) is 11.3 Å². The summed E-state index contributed by atoms with van der Waals surface area (Å²) < 4.78 is 0. The summed E-state index contributed by atoms with van der Waals surface area (Å²) in [6, 6.07) is 16.9. The van der Waals surface area contributed by atoms with Crippen LogP contribution in [-0.2, 0) is 16.1 Å². The predicted octanol–water partition coefficient (Wildman–Crippen LogP) is 4.87. The molecule has 0 bridgehead atoms. The van der Waals surface area contributed by atoms with Gasteiger partial charge in [-0.25, -0.2) is 0 Å². The molecule has 2 aliphatic rings. The molecule has 164 valence electrons. The maximum absolute atomic E-state index is 12.1. The minimum atomic E-state index is -0.253. The molecule has 1 aliphatic carbocycles. The fourth-order valence-electron chi connectivity index (χ4n) is 4.57. The Morgan fingerprint density at radius 3 is 2.19 bits per heavy atom. The zero-order chi connectivity index (χ0) is 21.8. The molecule has 0 spiro atoms. The third-order valence-electron chi connectivity index (χ3n) is 6.78. The third kappa shape index (κ3) is 5.66. The molecule has 1 atom stereocenters. The van der Waals surface area contributed by atoms with E-state index in [0.717, 1.165) is 16.9 Å². The lowest BCUT2D eigenvalue weighted by Crippen LogP contribution is -2.31. The molecule has 1 heterocycles. The summed E-state index contributed by atoms with van der Waals surface area (Å²) >= 11 is 0. The van der Waals surface area contributed by atoms with Crippen molar-refractivity contribution in [1.29, 1.82) is 0 Å². The highest BCUT2D eigenvalue weighted by Crippen LogP contribution is 2.42. The summed E-state index contributed by atoms with van der Waals surface area (Å²) in [4.78, 5) is 23.4. The van der Waals surface area contributed by atoms with Crippen molar-refractivity contribution >= 4 is 23.2 Å². The lowest BCUT2D eigenvalue weighted by molar-refractivity contribution is -0.126. The number of anilines is 2. The van der Waals surface area contributed by atoms with Gasteiger partial charge in [-0.1, -0.05) is 38.1 Å². The van der Waals surface area contributed by atoms with Crippen molar-refractivity contribution in [2.45, 2.75) is 58.4 Å². The lowest BCUT2D eigenvalue weighted by Gasteiger charge is -2.34. The first-order valence-corrected chi connectivity index (χ1v) is 11.4. The molecule has 0 radical (unpaired) electrons. The molecule has 1 unspecified atom stereocenters. The van der Waals surface area contributed by atoms with Crippen molar-refractivity contribution in [2.75, 3.05) is 11.9 Å². The Hall–Kier alpha value is -2.82. The highest BCUT2D eigenvalue weighted by molar-refractivity contribution is 5.89. The number of nitrogens with one attached hydrogen (secondary N) is 3. The van der Waals surface area contributed by atoms with E-state index in [1.54, 1.807) is 0 Å². The van der Waals surface area contributed by atoms with Crippen LogP contribution in [0.2, 0.25) is 0 Å². The fraction of sp³-hybridized carbons (Fsp3) is 0.462. The first-order chi connectivity index (χ1) is 14.9. The Morgan fingerprint density at radius 2 is 1.61 bits per heavy atom. The van der Waals surface area contributed by atoms with Crippen LogP contribution in [0.1, 0.15) is 63.0 Å². The fourth-order valence-corrected chi connectivity index (χ4v) is 4.57. The Labute approximate surface area is 185 Å². The van der Waals surface area contributed by atoms with E-state index in [1.165, 1.54) is 31.2 Å². The molecular weight excluding hydrogens is 386 g/mol. The Balaban J connectivity index is 1.27. The van der Waals surface area contributed by atoms with E-state index in [9.17, 15) is 9.59 Å². The summed E-state index contributed by atoms with van der Waals surface area (Å²) in [5.74, 6) is 0.319. The van der Waals surface area contributed by atoms with E-state index in [4.69, 9.17) is 0 Å². The number of hydrogen-bond donors (Lipinski definition) is 3. The van der Waals surface area contributed by atoms with Gasteiger partial charge in [0.2, 0.25) is 11.8 Å². The summed E-state index contributed by atoms with van der Waals surface area (Å²) in [7, 11) is 0. The van der Waals surface area contributed by atoms with E-state index < -0.39 is 0 Å². The quantitative estimate of drug-likeness (QED) is 0.626. The van der Waals surface area contributed by atoms with Crippen molar-refractivity contribution in [3.63, 3.8) is 0 Å². The molecular formula is C26H33N3O2. The Bertz CT molecular complexity index is 909. The van der Waals surface area contributed by atoms with Crippen LogP contribution in [0.3, 0.4) is 0 Å². The van der Waals surface area contributed by atoms with Crippen molar-refractivity contribution in [3.8, 4) is 0 Å². The average molecular weight is 420 g/mol. The standard InChI is InChI=1S/C26H33N3O2/c1-26(2)13-11-20(12-14-26)19-5-9-23(10-6-19)29-22-7-3-18(4-8-22)16-28-25(31)21-15-24(30)27-17-21/h3-10,20-21,29H,11-17H2,1-2H3,(H,27,30)(H,28,31). The van der Waals surface area contributed by atoms with Crippen LogP contribution in [0, 0.1) is 11.3 Å². The van der Waals surface area contributed by atoms with Gasteiger partial charge in [0, 0.05) is 30.9 Å². The van der Waals surface area contributed by atoms with Crippen molar-refractivity contribution in [1.82, 2.24) is 10.6 Å². The van der Waals surface area contributed by atoms with E-state index in [-0.39, 0.29) is 24.2 Å². The topological polar surface area (TPSA) is 70.2 Å². The lowest BCUT2D eigenvalue weighted by atomic mass is 9.71. The second-order valence-electron chi connectivity index (χ2n) is 9.81. The zero-order valence-corrected chi connectivity index (χ0v) is 18.5. The van der Waals surface area contributed by atoms with E-state index in [0.29, 0.717) is 24.4 Å². The number of hydrogen-bond acceptors (Lipinski definition) is 3. The highest BCUT2D eigenvalue weighted by Gasteiger charge is 2.28. The summed E-state index contributed by atoms with van der Waals surface area (Å²) in [5, 5.41) is 9.07. The van der Waals surface area contributed by atoms with Crippen LogP contribution in [0.5, 0.6) is 0 Å². The average Bonchev–Trinajstić information content (AvgIpc) is 3.20. The molecule has 31 heavy (non-hydrogen) atoms. The molecule has 5 heteroatoms. The van der Waals surface area contributed by atoms with Gasteiger partial charge in [-0.3, -0.25) is 9.59 Å². The SMILES string of the molecule is CC1(C)CCC(c2ccc(Nc3ccc(CNC(=O)C4CNC(=O)C4)cc3)cc2)CC1. The van der Waals surface area contributed by atoms with Crippen LogP contribution in [-0.4, -0.2) is 18.4 Å². The largest absolute Gasteiger partial charge is 0.356 e. The molecule has 2 fully saturated rings. The van der Waals surface area contributed by atoms with Crippen molar-refractivity contribution in [3.05, 3.63) is 59.7 Å². The van der Waals surface area contributed by atoms with E-state index in [1.807, 2.05) is 24.3 Å². The molecule has 2 aromatic carbocycles. The number of carbonyl (C=O) groups excluding carboxylic acids is 2. The minimum Gasteiger partial charge on any atom is -0.356 e. The van der Waals surface area contributed by atoms with Crippen LogP contribution >= 0.6 is 0 Å². The highest BCUT2D eigenvalue weighted by atomic mass is 16.2. The molecule has 0 aromatic heterocycles. The maximum atomic E-state index is 12.1. The second kappa shape index (κ2) is 9.13. The minimum absolute atomic E-state index is 0.0497. The molecule has 1 saturated heterocycles. The first kappa shape index (κ1) is 21.4. The maximum Gasteiger partial charge on any atom is 0.225 e. The number of carbonyl (C=O) groups is 2. The van der Waals surface area contributed by atoms with Crippen LogP contribution in [0.4, 0.5) is 11.4 Å². The Kier molecular flexibility index (Phi) is 6.30. The molecule has 2 aromatic rings. The van der Waals surface area contributed by atoms with E-state index in [2.05, 4.69) is 54.1 Å². The van der Waals surface area contributed by atoms with Gasteiger partial charge in [-0.15, -0.1) is 0 Å². The predicted molar refractivity (Wildman–Crippen MR) is 124 cm³/mol. The molecule has 2 amide bonds. The second-order valence-corrected chi connectivity index (χ2v) is 9.81. The van der Waals surface area contributed by atoms with Crippen LogP contribution in [0.25, 0.3) is 0 Å². The van der Waals surface area contributed by atoms with Gasteiger partial charge in [0.05, 0.1) is 5.92 Å². The van der Waals surface area contributed by atoms with Gasteiger partial charge < -0.3 is 16.0 Å². The van der Waals surface area contributed by atoms with Gasteiger partial charge in [-0.05, 0) is 72.4 Å². The molecule has 5 nitrogen and oxygen atoms in total. The van der Waals surface area contributed by atoms with Gasteiger partial charge in [-0.2, -0.15) is 0 Å². The van der Waals surface area contributed by atoms with Gasteiger partial charge in [0.15, 0.2) is 0 Å². The number of rotatable bonds is 6. The monoisotopic (exact) mass is 419 g/mol.